The molecule has 0 aromatic rings. The van der Waals surface area contributed by atoms with Gasteiger partial charge in [-0.25, -0.2) is 0 Å². The molecule has 1 aliphatic heterocycles. The summed E-state index contributed by atoms with van der Waals surface area (Å²) in [5.74, 6) is 2.78. The lowest BCUT2D eigenvalue weighted by molar-refractivity contribution is 0.0618. The predicted molar refractivity (Wildman–Crippen MR) is 48.8 cm³/mol. The van der Waals surface area contributed by atoms with Crippen molar-refractivity contribution in [2.24, 2.45) is 23.5 Å². The van der Waals surface area contributed by atoms with Gasteiger partial charge in [-0.15, -0.1) is 0 Å². The van der Waals surface area contributed by atoms with Gasteiger partial charge in [0, 0.05) is 13.2 Å². The first-order valence-electron chi connectivity index (χ1n) is 5.18. The van der Waals surface area contributed by atoms with Crippen molar-refractivity contribution in [3.8, 4) is 0 Å². The van der Waals surface area contributed by atoms with Crippen molar-refractivity contribution in [3.05, 3.63) is 0 Å². The Balaban J connectivity index is 1.66. The van der Waals surface area contributed by atoms with E-state index in [1.807, 2.05) is 0 Å². The van der Waals surface area contributed by atoms with Gasteiger partial charge in [-0.05, 0) is 50.0 Å². The van der Waals surface area contributed by atoms with Crippen LogP contribution in [0.25, 0.3) is 0 Å². The highest BCUT2D eigenvalue weighted by Gasteiger charge is 2.37. The third-order valence-electron chi connectivity index (χ3n) is 3.35. The summed E-state index contributed by atoms with van der Waals surface area (Å²) in [5.41, 5.74) is 5.60. The van der Waals surface area contributed by atoms with E-state index in [9.17, 15) is 0 Å². The van der Waals surface area contributed by atoms with Gasteiger partial charge in [0.1, 0.15) is 0 Å². The Morgan fingerprint density at radius 2 is 1.92 bits per heavy atom. The van der Waals surface area contributed by atoms with E-state index in [0.717, 1.165) is 37.5 Å². The fraction of sp³-hybridized carbons (Fsp3) is 1.00. The molecule has 0 bridgehead atoms. The van der Waals surface area contributed by atoms with E-state index in [0.29, 0.717) is 0 Å². The summed E-state index contributed by atoms with van der Waals surface area (Å²) in [7, 11) is 0. The van der Waals surface area contributed by atoms with Crippen molar-refractivity contribution in [2.45, 2.75) is 25.7 Å². The number of hydrogen-bond donors (Lipinski definition) is 1. The lowest BCUT2D eigenvalue weighted by atomic mass is 9.93. The maximum atomic E-state index is 5.60. The summed E-state index contributed by atoms with van der Waals surface area (Å²) in [6.07, 6.45) is 5.39. The van der Waals surface area contributed by atoms with Gasteiger partial charge in [-0.1, -0.05) is 0 Å². The number of ether oxygens (including phenoxy) is 1. The molecular formula is C10H19NO. The first-order valence-corrected chi connectivity index (χ1v) is 5.18. The molecule has 0 aromatic heterocycles. The van der Waals surface area contributed by atoms with Crippen LogP contribution in [0.1, 0.15) is 25.7 Å². The van der Waals surface area contributed by atoms with E-state index in [4.69, 9.17) is 10.5 Å². The molecule has 12 heavy (non-hydrogen) atoms. The lowest BCUT2D eigenvalue weighted by Crippen LogP contribution is -2.16. The van der Waals surface area contributed by atoms with E-state index >= 15 is 0 Å². The Kier molecular flexibility index (Phi) is 2.66. The maximum absolute atomic E-state index is 5.60. The van der Waals surface area contributed by atoms with Crippen LogP contribution in [0.2, 0.25) is 0 Å². The lowest BCUT2D eigenvalue weighted by Gasteiger charge is -2.21. The molecule has 2 atom stereocenters. The van der Waals surface area contributed by atoms with Gasteiger partial charge in [-0.3, -0.25) is 0 Å². The van der Waals surface area contributed by atoms with Crippen LogP contribution in [0.5, 0.6) is 0 Å². The number of rotatable bonds is 3. The van der Waals surface area contributed by atoms with Gasteiger partial charge >= 0.3 is 0 Å². The molecule has 2 heteroatoms. The Morgan fingerprint density at radius 1 is 1.17 bits per heavy atom. The molecule has 0 amide bonds. The second kappa shape index (κ2) is 3.75. The van der Waals surface area contributed by atoms with E-state index in [2.05, 4.69) is 0 Å². The van der Waals surface area contributed by atoms with E-state index in [-0.39, 0.29) is 0 Å². The van der Waals surface area contributed by atoms with Crippen LogP contribution in [0, 0.1) is 17.8 Å². The molecule has 2 nitrogen and oxygen atoms in total. The Labute approximate surface area is 74.5 Å². The standard InChI is InChI=1S/C10H19NO/c11-7-10-6-9(10)5-8-1-3-12-4-2-8/h8-10H,1-7,11H2. The van der Waals surface area contributed by atoms with Gasteiger partial charge < -0.3 is 10.5 Å². The molecular weight excluding hydrogens is 150 g/mol. The summed E-state index contributed by atoms with van der Waals surface area (Å²) in [6, 6.07) is 0. The highest BCUT2D eigenvalue weighted by Crippen LogP contribution is 2.43. The summed E-state index contributed by atoms with van der Waals surface area (Å²) in [4.78, 5) is 0. The van der Waals surface area contributed by atoms with Crippen molar-refractivity contribution in [3.63, 3.8) is 0 Å². The highest BCUT2D eigenvalue weighted by atomic mass is 16.5. The summed E-state index contributed by atoms with van der Waals surface area (Å²) >= 11 is 0. The molecule has 1 saturated carbocycles. The van der Waals surface area contributed by atoms with Crippen LogP contribution in [-0.4, -0.2) is 19.8 Å². The Morgan fingerprint density at radius 3 is 2.50 bits per heavy atom. The second-order valence-corrected chi connectivity index (χ2v) is 4.28. The fourth-order valence-corrected chi connectivity index (χ4v) is 2.30. The molecule has 2 rings (SSSR count). The topological polar surface area (TPSA) is 35.2 Å². The summed E-state index contributed by atoms with van der Waals surface area (Å²) in [5, 5.41) is 0. The minimum absolute atomic E-state index is 0.868. The van der Waals surface area contributed by atoms with Gasteiger partial charge in [0.15, 0.2) is 0 Å². The van der Waals surface area contributed by atoms with Crippen molar-refractivity contribution < 1.29 is 4.74 Å². The minimum atomic E-state index is 0.868. The van der Waals surface area contributed by atoms with Crippen molar-refractivity contribution >= 4 is 0 Å². The third kappa shape index (κ3) is 1.99. The fourth-order valence-electron chi connectivity index (χ4n) is 2.30. The molecule has 2 fully saturated rings. The Bertz CT molecular complexity index is 143. The molecule has 70 valence electrons. The van der Waals surface area contributed by atoms with Crippen LogP contribution in [0.3, 0.4) is 0 Å². The molecule has 2 unspecified atom stereocenters. The SMILES string of the molecule is NCC1CC1CC1CCOCC1. The molecule has 1 saturated heterocycles. The zero-order valence-electron chi connectivity index (χ0n) is 7.67. The average molecular weight is 169 g/mol. The number of hydrogen-bond acceptors (Lipinski definition) is 2. The van der Waals surface area contributed by atoms with Gasteiger partial charge in [0.25, 0.3) is 0 Å². The Hall–Kier alpha value is -0.0800. The minimum Gasteiger partial charge on any atom is -0.381 e. The number of nitrogens with two attached hydrogens (primary N) is 1. The summed E-state index contributed by atoms with van der Waals surface area (Å²) < 4.78 is 5.33. The first-order chi connectivity index (χ1) is 5.90. The molecule has 1 heterocycles. The molecule has 2 aliphatic rings. The van der Waals surface area contributed by atoms with Crippen LogP contribution < -0.4 is 5.73 Å². The molecule has 0 aromatic carbocycles. The van der Waals surface area contributed by atoms with Crippen LogP contribution >= 0.6 is 0 Å². The maximum Gasteiger partial charge on any atom is 0.0468 e. The largest absolute Gasteiger partial charge is 0.381 e. The second-order valence-electron chi connectivity index (χ2n) is 4.28. The first kappa shape index (κ1) is 8.52. The molecule has 2 N–H and O–H groups in total. The summed E-state index contributed by atoms with van der Waals surface area (Å²) in [6.45, 7) is 2.89. The van der Waals surface area contributed by atoms with Crippen molar-refractivity contribution in [1.29, 1.82) is 0 Å². The zero-order chi connectivity index (χ0) is 8.39. The molecule has 1 aliphatic carbocycles. The van der Waals surface area contributed by atoms with E-state index in [1.54, 1.807) is 0 Å². The van der Waals surface area contributed by atoms with Gasteiger partial charge in [0.05, 0.1) is 0 Å². The quantitative estimate of drug-likeness (QED) is 0.693. The van der Waals surface area contributed by atoms with Gasteiger partial charge in [-0.2, -0.15) is 0 Å². The molecule has 0 spiro atoms. The van der Waals surface area contributed by atoms with Crippen LogP contribution in [0.4, 0.5) is 0 Å². The highest BCUT2D eigenvalue weighted by molar-refractivity contribution is 4.88. The zero-order valence-corrected chi connectivity index (χ0v) is 7.67. The smallest absolute Gasteiger partial charge is 0.0468 e. The van der Waals surface area contributed by atoms with Crippen molar-refractivity contribution in [1.82, 2.24) is 0 Å². The average Bonchev–Trinajstić information content (AvgIpc) is 2.85. The predicted octanol–water partition coefficient (Wildman–Crippen LogP) is 1.40. The van der Waals surface area contributed by atoms with Crippen LogP contribution in [0.15, 0.2) is 0 Å². The molecule has 0 radical (unpaired) electrons. The van der Waals surface area contributed by atoms with E-state index < -0.39 is 0 Å². The third-order valence-corrected chi connectivity index (χ3v) is 3.35. The monoisotopic (exact) mass is 169 g/mol. The van der Waals surface area contributed by atoms with Crippen LogP contribution in [-0.2, 0) is 4.74 Å². The normalized spacial score (nSPS) is 36.8. The van der Waals surface area contributed by atoms with Gasteiger partial charge in [0.2, 0.25) is 0 Å². The van der Waals surface area contributed by atoms with Crippen molar-refractivity contribution in [2.75, 3.05) is 19.8 Å². The van der Waals surface area contributed by atoms with E-state index in [1.165, 1.54) is 25.7 Å².